The van der Waals surface area contributed by atoms with Gasteiger partial charge < -0.3 is 15.5 Å². The minimum Gasteiger partial charge on any atom is -0.497 e. The Labute approximate surface area is 151 Å². The van der Waals surface area contributed by atoms with E-state index in [0.717, 1.165) is 41.8 Å². The van der Waals surface area contributed by atoms with Gasteiger partial charge in [-0.15, -0.1) is 0 Å². The molecule has 1 heterocycles. The van der Waals surface area contributed by atoms with Crippen LogP contribution >= 0.6 is 23.2 Å². The Balaban J connectivity index is 2.13. The molecule has 0 amide bonds. The van der Waals surface area contributed by atoms with Gasteiger partial charge in [0.25, 0.3) is 0 Å². The Bertz CT molecular complexity index is 858. The van der Waals surface area contributed by atoms with Gasteiger partial charge in [-0.3, -0.25) is 0 Å². The molecule has 5 heteroatoms. The molecule has 1 aromatic heterocycles. The number of fused-ring (bicyclic) bond motifs is 1. The molecule has 3 rings (SSSR count). The summed E-state index contributed by atoms with van der Waals surface area (Å²) >= 11 is 12.3. The molecule has 0 fully saturated rings. The van der Waals surface area contributed by atoms with Crippen molar-refractivity contribution in [1.82, 2.24) is 4.98 Å². The van der Waals surface area contributed by atoms with E-state index in [2.05, 4.69) is 11.1 Å². The summed E-state index contributed by atoms with van der Waals surface area (Å²) in [6.07, 6.45) is 2.98. The zero-order valence-corrected chi connectivity index (χ0v) is 15.0. The smallest absolute Gasteiger partial charge is 0.119 e. The van der Waals surface area contributed by atoms with Crippen LogP contribution in [0.4, 0.5) is 0 Å². The minimum atomic E-state index is 0.554. The van der Waals surface area contributed by atoms with E-state index in [1.54, 1.807) is 7.11 Å². The van der Waals surface area contributed by atoms with Gasteiger partial charge in [0.1, 0.15) is 5.75 Å². The molecular formula is C19H20Cl2N2O. The maximum atomic E-state index is 6.21. The van der Waals surface area contributed by atoms with E-state index in [4.69, 9.17) is 33.7 Å². The average molecular weight is 363 g/mol. The number of aryl methyl sites for hydroxylation is 1. The van der Waals surface area contributed by atoms with Crippen LogP contribution in [0, 0.1) is 0 Å². The Kier molecular flexibility index (Phi) is 5.34. The highest BCUT2D eigenvalue weighted by Crippen LogP contribution is 2.35. The van der Waals surface area contributed by atoms with Gasteiger partial charge in [-0.25, -0.2) is 0 Å². The van der Waals surface area contributed by atoms with Crippen LogP contribution in [0.1, 0.15) is 18.4 Å². The lowest BCUT2D eigenvalue weighted by molar-refractivity contribution is 0.415. The summed E-state index contributed by atoms with van der Waals surface area (Å²) in [5, 5.41) is 2.29. The Morgan fingerprint density at radius 1 is 1.04 bits per heavy atom. The lowest BCUT2D eigenvalue weighted by Crippen LogP contribution is -1.99. The summed E-state index contributed by atoms with van der Waals surface area (Å²) < 4.78 is 5.38. The summed E-state index contributed by atoms with van der Waals surface area (Å²) in [7, 11) is 1.68. The first-order chi connectivity index (χ1) is 11.6. The highest BCUT2D eigenvalue weighted by atomic mass is 35.5. The number of unbranched alkanes of at least 4 members (excludes halogenated alkanes) is 1. The molecular weight excluding hydrogens is 343 g/mol. The van der Waals surface area contributed by atoms with Crippen molar-refractivity contribution in [2.24, 2.45) is 5.73 Å². The van der Waals surface area contributed by atoms with Crippen molar-refractivity contribution in [2.75, 3.05) is 13.7 Å². The number of hydrogen-bond donors (Lipinski definition) is 2. The maximum Gasteiger partial charge on any atom is 0.119 e. The SMILES string of the molecule is COc1ccc2[nH]c(-c3ccc(Cl)c(Cl)c3)c(CCCCN)c2c1. The molecule has 0 radical (unpaired) electrons. The summed E-state index contributed by atoms with van der Waals surface area (Å²) in [5.74, 6) is 0.849. The number of ether oxygens (including phenoxy) is 1. The molecule has 0 aliphatic carbocycles. The molecule has 0 saturated carbocycles. The maximum absolute atomic E-state index is 6.21. The fourth-order valence-corrected chi connectivity index (χ4v) is 3.26. The van der Waals surface area contributed by atoms with Crippen LogP contribution < -0.4 is 10.5 Å². The predicted octanol–water partition coefficient (Wildman–Crippen LogP) is 5.43. The topological polar surface area (TPSA) is 51.0 Å². The third-order valence-corrected chi connectivity index (χ3v) is 4.94. The van der Waals surface area contributed by atoms with Crippen LogP contribution in [0.25, 0.3) is 22.2 Å². The first-order valence-electron chi connectivity index (χ1n) is 7.98. The zero-order chi connectivity index (χ0) is 17.1. The molecule has 0 unspecified atom stereocenters. The minimum absolute atomic E-state index is 0.554. The van der Waals surface area contributed by atoms with Crippen LogP contribution in [0.3, 0.4) is 0 Å². The number of H-pyrrole nitrogens is 1. The van der Waals surface area contributed by atoms with Gasteiger partial charge in [-0.1, -0.05) is 29.3 Å². The Morgan fingerprint density at radius 3 is 2.58 bits per heavy atom. The van der Waals surface area contributed by atoms with E-state index in [1.165, 1.54) is 10.9 Å². The van der Waals surface area contributed by atoms with E-state index >= 15 is 0 Å². The first-order valence-corrected chi connectivity index (χ1v) is 8.73. The number of nitrogens with two attached hydrogens (primary N) is 1. The molecule has 2 aromatic carbocycles. The van der Waals surface area contributed by atoms with Crippen LogP contribution in [0.2, 0.25) is 10.0 Å². The fourth-order valence-electron chi connectivity index (χ4n) is 2.96. The summed E-state index contributed by atoms with van der Waals surface area (Å²) in [6.45, 7) is 0.702. The quantitative estimate of drug-likeness (QED) is 0.574. The molecule has 0 bridgehead atoms. The van der Waals surface area contributed by atoms with Crippen LogP contribution in [-0.4, -0.2) is 18.6 Å². The van der Waals surface area contributed by atoms with Crippen molar-refractivity contribution in [2.45, 2.75) is 19.3 Å². The first kappa shape index (κ1) is 17.2. The summed E-state index contributed by atoms with van der Waals surface area (Å²) in [6, 6.07) is 11.8. The van der Waals surface area contributed by atoms with Crippen molar-refractivity contribution in [3.8, 4) is 17.0 Å². The van der Waals surface area contributed by atoms with Gasteiger partial charge >= 0.3 is 0 Å². The second kappa shape index (κ2) is 7.47. The second-order valence-electron chi connectivity index (χ2n) is 5.76. The van der Waals surface area contributed by atoms with E-state index in [1.807, 2.05) is 30.3 Å². The monoisotopic (exact) mass is 362 g/mol. The van der Waals surface area contributed by atoms with E-state index in [9.17, 15) is 0 Å². The van der Waals surface area contributed by atoms with Crippen molar-refractivity contribution < 1.29 is 4.74 Å². The normalized spacial score (nSPS) is 11.2. The number of aromatic amines is 1. The van der Waals surface area contributed by atoms with E-state index < -0.39 is 0 Å². The summed E-state index contributed by atoms with van der Waals surface area (Å²) in [5.41, 5.74) is 10.1. The predicted molar refractivity (Wildman–Crippen MR) is 102 cm³/mol. The average Bonchev–Trinajstić information content (AvgIpc) is 2.95. The molecule has 0 saturated heterocycles. The van der Waals surface area contributed by atoms with E-state index in [-0.39, 0.29) is 0 Å². The Hall–Kier alpha value is -1.68. The number of methoxy groups -OCH3 is 1. The van der Waals surface area contributed by atoms with Gasteiger partial charge in [0.05, 0.1) is 17.2 Å². The molecule has 0 atom stereocenters. The lowest BCUT2D eigenvalue weighted by atomic mass is 10.00. The van der Waals surface area contributed by atoms with Crippen LogP contribution in [0.5, 0.6) is 5.75 Å². The van der Waals surface area contributed by atoms with E-state index in [0.29, 0.717) is 16.6 Å². The summed E-state index contributed by atoms with van der Waals surface area (Å²) in [4.78, 5) is 3.52. The fraction of sp³-hybridized carbons (Fsp3) is 0.263. The highest BCUT2D eigenvalue weighted by Gasteiger charge is 2.14. The van der Waals surface area contributed by atoms with Crippen molar-refractivity contribution in [3.05, 3.63) is 52.0 Å². The Morgan fingerprint density at radius 2 is 1.88 bits per heavy atom. The third kappa shape index (κ3) is 3.39. The molecule has 126 valence electrons. The van der Waals surface area contributed by atoms with Gasteiger partial charge in [0.15, 0.2) is 0 Å². The molecule has 3 N–H and O–H groups in total. The van der Waals surface area contributed by atoms with Gasteiger partial charge in [0.2, 0.25) is 0 Å². The van der Waals surface area contributed by atoms with Crippen LogP contribution in [-0.2, 0) is 6.42 Å². The van der Waals surface area contributed by atoms with Gasteiger partial charge in [0, 0.05) is 16.6 Å². The van der Waals surface area contributed by atoms with Crippen LogP contribution in [0.15, 0.2) is 36.4 Å². The highest BCUT2D eigenvalue weighted by molar-refractivity contribution is 6.42. The number of halogens is 2. The van der Waals surface area contributed by atoms with Crippen molar-refractivity contribution in [3.63, 3.8) is 0 Å². The number of aromatic nitrogens is 1. The molecule has 3 nitrogen and oxygen atoms in total. The third-order valence-electron chi connectivity index (χ3n) is 4.20. The number of benzene rings is 2. The van der Waals surface area contributed by atoms with Crippen molar-refractivity contribution >= 4 is 34.1 Å². The lowest BCUT2D eigenvalue weighted by Gasteiger charge is -2.07. The number of rotatable bonds is 6. The number of nitrogens with one attached hydrogen (secondary N) is 1. The molecule has 0 aliphatic heterocycles. The van der Waals surface area contributed by atoms with Crippen molar-refractivity contribution in [1.29, 1.82) is 0 Å². The van der Waals surface area contributed by atoms with Gasteiger partial charge in [-0.05, 0) is 67.3 Å². The number of hydrogen-bond acceptors (Lipinski definition) is 2. The zero-order valence-electron chi connectivity index (χ0n) is 13.5. The largest absolute Gasteiger partial charge is 0.497 e. The molecule has 24 heavy (non-hydrogen) atoms. The second-order valence-corrected chi connectivity index (χ2v) is 6.58. The molecule has 0 aliphatic rings. The van der Waals surface area contributed by atoms with Gasteiger partial charge in [-0.2, -0.15) is 0 Å². The molecule has 3 aromatic rings. The molecule has 0 spiro atoms. The standard InChI is InChI=1S/C19H20Cl2N2O/c1-24-13-6-8-18-15(11-13)14(4-2-3-9-22)19(23-18)12-5-7-16(20)17(21)10-12/h5-8,10-11,23H,2-4,9,22H2,1H3.